The van der Waals surface area contributed by atoms with Crippen molar-refractivity contribution in [3.05, 3.63) is 36.0 Å². The number of carbonyl (C=O) groups is 1. The zero-order valence-corrected chi connectivity index (χ0v) is 13.5. The summed E-state index contributed by atoms with van der Waals surface area (Å²) in [6.45, 7) is 10.3. The topological polar surface area (TPSA) is 46.5 Å². The Morgan fingerprint density at radius 1 is 1.33 bits per heavy atom. The van der Waals surface area contributed by atoms with Gasteiger partial charge in [-0.3, -0.25) is 4.79 Å². The van der Waals surface area contributed by atoms with E-state index in [1.54, 1.807) is 6.08 Å². The van der Waals surface area contributed by atoms with E-state index in [2.05, 4.69) is 27.4 Å². The molecule has 1 aliphatic rings. The number of aliphatic hydroxyl groups is 1. The van der Waals surface area contributed by atoms with E-state index in [0.717, 1.165) is 24.8 Å². The van der Waals surface area contributed by atoms with Crippen LogP contribution in [0.15, 0.2) is 36.0 Å². The van der Waals surface area contributed by atoms with Gasteiger partial charge in [-0.2, -0.15) is 0 Å². The molecule has 0 aliphatic heterocycles. The molecule has 0 aromatic rings. The van der Waals surface area contributed by atoms with Crippen molar-refractivity contribution in [2.24, 2.45) is 11.8 Å². The number of hydrogen-bond donors (Lipinski definition) is 1. The number of allylic oxidation sites excluding steroid dienone is 3. The third-order valence-electron chi connectivity index (χ3n) is 4.15. The molecule has 1 N–H and O–H groups in total. The van der Waals surface area contributed by atoms with E-state index in [9.17, 15) is 9.90 Å². The predicted octanol–water partition coefficient (Wildman–Crippen LogP) is 3.80. The lowest BCUT2D eigenvalue weighted by Crippen LogP contribution is -2.32. The summed E-state index contributed by atoms with van der Waals surface area (Å²) in [5.74, 6) is -0.162. The molecule has 0 spiro atoms. The summed E-state index contributed by atoms with van der Waals surface area (Å²) in [6, 6.07) is 0. The van der Waals surface area contributed by atoms with Gasteiger partial charge in [0.25, 0.3) is 0 Å². The van der Waals surface area contributed by atoms with Crippen LogP contribution < -0.4 is 0 Å². The van der Waals surface area contributed by atoms with Crippen molar-refractivity contribution in [2.45, 2.75) is 52.6 Å². The summed E-state index contributed by atoms with van der Waals surface area (Å²) >= 11 is 0. The highest BCUT2D eigenvalue weighted by Crippen LogP contribution is 2.25. The van der Waals surface area contributed by atoms with Crippen LogP contribution in [0.3, 0.4) is 0 Å². The van der Waals surface area contributed by atoms with Gasteiger partial charge in [-0.15, -0.1) is 0 Å². The zero-order chi connectivity index (χ0) is 15.8. The first-order valence-electron chi connectivity index (χ1n) is 7.80. The molecular weight excluding hydrogens is 264 g/mol. The summed E-state index contributed by atoms with van der Waals surface area (Å²) < 4.78 is 5.33. The molecule has 3 nitrogen and oxygen atoms in total. The number of esters is 1. The Hall–Kier alpha value is -1.35. The second-order valence-electron chi connectivity index (χ2n) is 6.08. The average Bonchev–Trinajstić information content (AvgIpc) is 2.47. The monoisotopic (exact) mass is 292 g/mol. The highest BCUT2D eigenvalue weighted by molar-refractivity contribution is 5.73. The molecule has 0 aromatic carbocycles. The van der Waals surface area contributed by atoms with Gasteiger partial charge in [-0.1, -0.05) is 57.1 Å². The van der Waals surface area contributed by atoms with Gasteiger partial charge in [-0.25, -0.2) is 0 Å². The molecule has 1 fully saturated rings. The fourth-order valence-corrected chi connectivity index (χ4v) is 2.25. The van der Waals surface area contributed by atoms with Gasteiger partial charge in [0.15, 0.2) is 0 Å². The van der Waals surface area contributed by atoms with Crippen molar-refractivity contribution < 1.29 is 14.6 Å². The van der Waals surface area contributed by atoms with Crippen LogP contribution in [0.25, 0.3) is 0 Å². The minimum absolute atomic E-state index is 0.216. The first-order valence-corrected chi connectivity index (χ1v) is 7.80. The maximum Gasteiger partial charge on any atom is 0.311 e. The van der Waals surface area contributed by atoms with E-state index < -0.39 is 6.10 Å². The SMILES string of the molecule is C=CC(=CC=C(C)C(C)C)COC(=O)C1CCCCC1O. The van der Waals surface area contributed by atoms with Crippen molar-refractivity contribution >= 4 is 5.97 Å². The third-order valence-corrected chi connectivity index (χ3v) is 4.15. The fraction of sp³-hybridized carbons (Fsp3) is 0.611. The Labute approximate surface area is 128 Å². The Bertz CT molecular complexity index is 418. The Balaban J connectivity index is 2.55. The van der Waals surface area contributed by atoms with Crippen LogP contribution in [0.4, 0.5) is 0 Å². The Morgan fingerprint density at radius 2 is 2.00 bits per heavy atom. The lowest BCUT2D eigenvalue weighted by molar-refractivity contribution is -0.153. The fourth-order valence-electron chi connectivity index (χ4n) is 2.25. The van der Waals surface area contributed by atoms with Crippen molar-refractivity contribution in [3.8, 4) is 0 Å². The van der Waals surface area contributed by atoms with Crippen molar-refractivity contribution in [1.29, 1.82) is 0 Å². The molecule has 1 rings (SSSR count). The summed E-state index contributed by atoms with van der Waals surface area (Å²) in [7, 11) is 0. The minimum atomic E-state index is -0.550. The summed E-state index contributed by atoms with van der Waals surface area (Å²) in [5, 5.41) is 9.85. The number of hydrogen-bond acceptors (Lipinski definition) is 3. The highest BCUT2D eigenvalue weighted by Gasteiger charge is 2.30. The molecular formula is C18H28O3. The lowest BCUT2D eigenvalue weighted by atomic mass is 9.87. The molecule has 0 saturated heterocycles. The van der Waals surface area contributed by atoms with Crippen LogP contribution in [0, 0.1) is 11.8 Å². The molecule has 0 bridgehead atoms. The van der Waals surface area contributed by atoms with Gasteiger partial charge in [0, 0.05) is 0 Å². The smallest absolute Gasteiger partial charge is 0.311 e. The van der Waals surface area contributed by atoms with Gasteiger partial charge in [0.05, 0.1) is 12.0 Å². The lowest BCUT2D eigenvalue weighted by Gasteiger charge is -2.25. The number of carbonyl (C=O) groups excluding carboxylic acids is 1. The molecule has 1 aliphatic carbocycles. The molecule has 3 heteroatoms. The standard InChI is InChI=1S/C18H28O3/c1-5-15(11-10-14(4)13(2)3)12-21-18(20)16-8-6-7-9-17(16)19/h5,10-11,13,16-17,19H,1,6-9,12H2,2-4H3. The molecule has 0 heterocycles. The predicted molar refractivity (Wildman–Crippen MR) is 85.8 cm³/mol. The molecule has 1 saturated carbocycles. The highest BCUT2D eigenvalue weighted by atomic mass is 16.5. The Kier molecular flexibility index (Phi) is 7.44. The maximum absolute atomic E-state index is 12.0. The third kappa shape index (κ3) is 5.88. The van der Waals surface area contributed by atoms with Crippen molar-refractivity contribution in [3.63, 3.8) is 0 Å². The number of rotatable bonds is 6. The van der Waals surface area contributed by atoms with E-state index >= 15 is 0 Å². The summed E-state index contributed by atoms with van der Waals surface area (Å²) in [6.07, 6.45) is 8.51. The molecule has 0 amide bonds. The van der Waals surface area contributed by atoms with E-state index in [0.29, 0.717) is 12.3 Å². The van der Waals surface area contributed by atoms with E-state index in [4.69, 9.17) is 4.74 Å². The molecule has 118 valence electrons. The molecule has 2 atom stereocenters. The Morgan fingerprint density at radius 3 is 2.57 bits per heavy atom. The summed E-state index contributed by atoms with van der Waals surface area (Å²) in [5.41, 5.74) is 2.14. The summed E-state index contributed by atoms with van der Waals surface area (Å²) in [4.78, 5) is 12.0. The number of ether oxygens (including phenoxy) is 1. The first kappa shape index (κ1) is 17.7. The van der Waals surface area contributed by atoms with E-state index in [-0.39, 0.29) is 18.5 Å². The van der Waals surface area contributed by atoms with Gasteiger partial charge >= 0.3 is 5.97 Å². The van der Waals surface area contributed by atoms with Crippen molar-refractivity contribution in [2.75, 3.05) is 6.61 Å². The zero-order valence-electron chi connectivity index (χ0n) is 13.5. The second-order valence-corrected chi connectivity index (χ2v) is 6.08. The van der Waals surface area contributed by atoms with Crippen LogP contribution in [-0.4, -0.2) is 23.8 Å². The van der Waals surface area contributed by atoms with Crippen LogP contribution in [0.2, 0.25) is 0 Å². The van der Waals surface area contributed by atoms with Crippen LogP contribution in [0.1, 0.15) is 46.5 Å². The van der Waals surface area contributed by atoms with Crippen molar-refractivity contribution in [1.82, 2.24) is 0 Å². The van der Waals surface area contributed by atoms with Gasteiger partial charge < -0.3 is 9.84 Å². The molecule has 0 aromatic heterocycles. The minimum Gasteiger partial charge on any atom is -0.461 e. The largest absolute Gasteiger partial charge is 0.461 e. The second kappa shape index (κ2) is 8.83. The maximum atomic E-state index is 12.0. The van der Waals surface area contributed by atoms with Crippen LogP contribution in [-0.2, 0) is 9.53 Å². The normalized spacial score (nSPS) is 24.0. The van der Waals surface area contributed by atoms with E-state index in [1.807, 2.05) is 12.2 Å². The van der Waals surface area contributed by atoms with Gasteiger partial charge in [0.2, 0.25) is 0 Å². The van der Waals surface area contributed by atoms with Gasteiger partial charge in [0.1, 0.15) is 6.61 Å². The number of aliphatic hydroxyl groups excluding tert-OH is 1. The average molecular weight is 292 g/mol. The van der Waals surface area contributed by atoms with Crippen LogP contribution in [0.5, 0.6) is 0 Å². The first-order chi connectivity index (χ1) is 9.95. The quantitative estimate of drug-likeness (QED) is 0.598. The van der Waals surface area contributed by atoms with E-state index in [1.165, 1.54) is 5.57 Å². The molecule has 21 heavy (non-hydrogen) atoms. The molecule has 2 unspecified atom stereocenters. The van der Waals surface area contributed by atoms with Crippen LogP contribution >= 0.6 is 0 Å². The molecule has 0 radical (unpaired) electrons. The van der Waals surface area contributed by atoms with Gasteiger partial charge in [-0.05, 0) is 31.3 Å².